The number of nitrogens with zero attached hydrogens (tertiary/aromatic N) is 3. The van der Waals surface area contributed by atoms with E-state index in [-0.39, 0.29) is 9.41 Å². The minimum Gasteiger partial charge on any atom is -0.431 e. The molecule has 0 amide bonds. The Morgan fingerprint density at radius 1 is 0.564 bits per heavy atom. The molecule has 0 saturated carbocycles. The highest BCUT2D eigenvalue weighted by Gasteiger charge is 2.68. The average Bonchev–Trinajstić information content (AvgIpc) is 3.09. The Balaban J connectivity index is 0. The Morgan fingerprint density at radius 3 is 1.07 bits per heavy atom. The van der Waals surface area contributed by atoms with Crippen LogP contribution in [0.3, 0.4) is 0 Å². The van der Waals surface area contributed by atoms with Crippen LogP contribution in [-0.4, -0.2) is 154 Å². The highest BCUT2D eigenvalue weighted by atomic mass is 32.3. The van der Waals surface area contributed by atoms with Gasteiger partial charge in [0.15, 0.2) is 24.8 Å². The summed E-state index contributed by atoms with van der Waals surface area (Å²) >= 11 is -14.7. The van der Waals surface area contributed by atoms with Crippen molar-refractivity contribution in [3.05, 3.63) is 11.9 Å². The molecule has 55 heavy (non-hydrogen) atoms. The normalized spacial score (nSPS) is 31.9. The van der Waals surface area contributed by atoms with Gasteiger partial charge in [0.25, 0.3) is 5.92 Å². The molecule has 5 heterocycles. The third kappa shape index (κ3) is 17.6. The Hall–Kier alpha value is -0.700. The molecule has 0 radical (unpaired) electrons. The SMILES string of the molecule is CN1CCOCC1.CN1CCOCC1.C[C-]1OS(=O)C(F)(F)C(F)(F)S(=O)O1.F.F.O=S1(=O)CC(F)(F)CS(=O)(=O)C1.O=S1O[N-]OS(=O)C(F)(F)C1(F)F. The first-order valence-corrected chi connectivity index (χ1v) is 21.6. The lowest BCUT2D eigenvalue weighted by molar-refractivity contribution is -0.0949. The minimum atomic E-state index is -5.11. The topological polar surface area (TPSA) is 213 Å². The van der Waals surface area contributed by atoms with Gasteiger partial charge >= 0.3 is 21.0 Å². The number of halogens is 12. The Labute approximate surface area is 315 Å². The number of morpholine rings is 2. The van der Waals surface area contributed by atoms with Gasteiger partial charge in [-0.1, -0.05) is 6.29 Å². The van der Waals surface area contributed by atoms with Crippen LogP contribution in [0.2, 0.25) is 0 Å². The molecule has 0 spiro atoms. The number of sulfone groups is 2. The molecular formula is C20H33F12N3O14S6-2. The van der Waals surface area contributed by atoms with E-state index in [1.807, 2.05) is 0 Å². The predicted molar refractivity (Wildman–Crippen MR) is 168 cm³/mol. The first kappa shape index (κ1) is 56.4. The summed E-state index contributed by atoms with van der Waals surface area (Å²) < 4.78 is 233. The number of hydrogen-bond acceptors (Lipinski definition) is 16. The van der Waals surface area contributed by atoms with E-state index in [0.29, 0.717) is 0 Å². The van der Waals surface area contributed by atoms with Gasteiger partial charge in [0.1, 0.15) is 11.5 Å². The summed E-state index contributed by atoms with van der Waals surface area (Å²) in [5.41, 5.74) is 2.06. The van der Waals surface area contributed by atoms with Crippen LogP contribution < -0.4 is 0 Å². The largest absolute Gasteiger partial charge is 0.431 e. The molecule has 0 bridgehead atoms. The quantitative estimate of drug-likeness (QED) is 0.248. The highest BCUT2D eigenvalue weighted by molar-refractivity contribution is 8.08. The predicted octanol–water partition coefficient (Wildman–Crippen LogP) is 1.43. The molecule has 5 rings (SSSR count). The summed E-state index contributed by atoms with van der Waals surface area (Å²) in [5, 5.41) is -21.5. The standard InChI is InChI=1S/2C5H11NO.C4H3F4O4S2.C4H6F2O4S2.C2F4NO4S2.2FH/c2*1-6-2-4-7-5-3-6;1-2-11-13(9)3(5,6)4(7,8)14(10)12-2;5-4(6)1-11(7,8)3-12(9,10)2-4;3-1(4)2(5,6)13(9)11-7-10-12(1)8;;/h2*2-5H2,1H3;1H3;1-3H2;;2*1H/q;;-1;;-1;;. The van der Waals surface area contributed by atoms with Gasteiger partial charge in [0.05, 0.1) is 26.4 Å². The van der Waals surface area contributed by atoms with Crippen LogP contribution in [0.1, 0.15) is 6.92 Å². The van der Waals surface area contributed by atoms with Gasteiger partial charge in [-0.25, -0.2) is 42.5 Å². The summed E-state index contributed by atoms with van der Waals surface area (Å²) in [4.78, 5) is 4.53. The Bertz CT molecular complexity index is 1420. The fourth-order valence-electron chi connectivity index (χ4n) is 3.23. The van der Waals surface area contributed by atoms with Crippen molar-refractivity contribution in [2.75, 3.05) is 83.3 Å². The van der Waals surface area contributed by atoms with Crippen molar-refractivity contribution in [1.29, 1.82) is 0 Å². The summed E-state index contributed by atoms with van der Waals surface area (Å²) in [7, 11) is -4.04. The number of hydrogen-bond donors (Lipinski definition) is 0. The van der Waals surface area contributed by atoms with Gasteiger partial charge in [-0.15, -0.1) is 6.92 Å². The molecule has 17 nitrogen and oxygen atoms in total. The molecule has 35 heteroatoms. The van der Waals surface area contributed by atoms with Crippen LogP contribution in [0.4, 0.5) is 53.3 Å². The zero-order valence-corrected chi connectivity index (χ0v) is 32.8. The van der Waals surface area contributed by atoms with E-state index >= 15 is 0 Å². The van der Waals surface area contributed by atoms with E-state index in [1.165, 1.54) is 0 Å². The van der Waals surface area contributed by atoms with Gasteiger partial charge in [0, 0.05) is 26.2 Å². The molecule has 0 aromatic heterocycles. The first-order valence-electron chi connectivity index (χ1n) is 13.7. The van der Waals surface area contributed by atoms with Crippen LogP contribution >= 0.6 is 0 Å². The van der Waals surface area contributed by atoms with E-state index in [1.54, 1.807) is 0 Å². The van der Waals surface area contributed by atoms with E-state index in [9.17, 15) is 77.6 Å². The van der Waals surface area contributed by atoms with Crippen LogP contribution in [0.25, 0.3) is 5.64 Å². The fourth-order valence-corrected chi connectivity index (χ4v) is 10.4. The number of alkyl halides is 10. The summed E-state index contributed by atoms with van der Waals surface area (Å²) in [5.74, 6) is -6.35. The lowest BCUT2D eigenvalue weighted by atomic mass is 10.5. The molecule has 4 atom stereocenters. The lowest BCUT2D eigenvalue weighted by Gasteiger charge is -2.21. The molecule has 334 valence electrons. The minimum absolute atomic E-state index is 0. The van der Waals surface area contributed by atoms with Crippen molar-refractivity contribution in [1.82, 2.24) is 9.80 Å². The van der Waals surface area contributed by atoms with E-state index < -0.39 is 114 Å². The first-order chi connectivity index (χ1) is 23.9. The van der Waals surface area contributed by atoms with E-state index in [4.69, 9.17) is 9.47 Å². The molecule has 0 aromatic rings. The summed E-state index contributed by atoms with van der Waals surface area (Å²) in [6, 6.07) is 0. The zero-order valence-electron chi connectivity index (χ0n) is 27.9. The van der Waals surface area contributed by atoms with Crippen molar-refractivity contribution < 1.29 is 113 Å². The Morgan fingerprint density at radius 2 is 0.836 bits per heavy atom. The third-order valence-electron chi connectivity index (χ3n) is 5.79. The second-order valence-corrected chi connectivity index (χ2v) is 19.5. The maximum absolute atomic E-state index is 12.6. The van der Waals surface area contributed by atoms with E-state index in [2.05, 4.69) is 46.5 Å². The van der Waals surface area contributed by atoms with Crippen LogP contribution in [0.5, 0.6) is 0 Å². The Kier molecular flexibility index (Phi) is 23.2. The van der Waals surface area contributed by atoms with Crippen molar-refractivity contribution >= 4 is 64.0 Å². The second-order valence-electron chi connectivity index (χ2n) is 10.5. The third-order valence-corrected chi connectivity index (χ3v) is 14.5. The smallest absolute Gasteiger partial charge is 0.420 e. The molecule has 5 aliphatic heterocycles. The molecule has 0 aliphatic carbocycles. The average molecular weight is 960 g/mol. The van der Waals surface area contributed by atoms with Crippen molar-refractivity contribution in [2.24, 2.45) is 0 Å². The van der Waals surface area contributed by atoms with Crippen LogP contribution in [0, 0.1) is 6.29 Å². The highest BCUT2D eigenvalue weighted by Crippen LogP contribution is 2.45. The van der Waals surface area contributed by atoms with Crippen LogP contribution in [0.15, 0.2) is 0 Å². The van der Waals surface area contributed by atoms with Crippen LogP contribution in [-0.2, 0) is 90.4 Å². The van der Waals surface area contributed by atoms with Gasteiger partial charge in [-0.2, -0.15) is 35.1 Å². The fraction of sp³-hybridized carbons (Fsp3) is 0.950. The number of likely N-dealkylation sites (N-methyl/N-ethyl adjacent to an activating group) is 2. The summed E-state index contributed by atoms with van der Waals surface area (Å²) in [6.07, 6.45) is -0.862. The second kappa shape index (κ2) is 22.6. The van der Waals surface area contributed by atoms with E-state index in [0.717, 1.165) is 59.5 Å². The van der Waals surface area contributed by atoms with Gasteiger partial charge in [0.2, 0.25) is 44.3 Å². The van der Waals surface area contributed by atoms with Crippen molar-refractivity contribution in [3.8, 4) is 0 Å². The lowest BCUT2D eigenvalue weighted by Crippen LogP contribution is -2.45. The van der Waals surface area contributed by atoms with Gasteiger partial charge in [-0.3, -0.25) is 9.41 Å². The molecular weight excluding hydrogens is 927 g/mol. The van der Waals surface area contributed by atoms with Gasteiger partial charge < -0.3 is 41.9 Å². The van der Waals surface area contributed by atoms with Gasteiger partial charge in [-0.05, 0) is 14.1 Å². The zero-order chi connectivity index (χ0) is 41.3. The molecule has 5 saturated heterocycles. The molecule has 5 fully saturated rings. The number of ether oxygens (including phenoxy) is 2. The number of rotatable bonds is 0. The molecule has 4 unspecified atom stereocenters. The maximum atomic E-state index is 12.6. The van der Waals surface area contributed by atoms with Crippen molar-refractivity contribution in [3.63, 3.8) is 0 Å². The van der Waals surface area contributed by atoms with Crippen molar-refractivity contribution in [2.45, 2.75) is 33.9 Å². The molecule has 5 aliphatic rings. The molecule has 0 N–H and O–H groups in total. The monoisotopic (exact) mass is 959 g/mol. The maximum Gasteiger partial charge on any atom is 0.420 e. The summed E-state index contributed by atoms with van der Waals surface area (Å²) in [6.45, 7) is 8.88. The molecule has 0 aromatic carbocycles.